The summed E-state index contributed by atoms with van der Waals surface area (Å²) >= 11 is 0. The topological polar surface area (TPSA) is 26.3 Å². The maximum absolute atomic E-state index is 11.3. The molecule has 0 aromatic heterocycles. The second-order valence-electron chi connectivity index (χ2n) is 4.10. The Balaban J connectivity index is 2.44. The third kappa shape index (κ3) is 3.74. The molecule has 0 aliphatic carbocycles. The van der Waals surface area contributed by atoms with Gasteiger partial charge in [-0.1, -0.05) is 51.1 Å². The van der Waals surface area contributed by atoms with Crippen LogP contribution in [0.3, 0.4) is 0 Å². The molecule has 0 aliphatic heterocycles. The fourth-order valence-electron chi connectivity index (χ4n) is 1.25. The Kier molecular flexibility index (Phi) is 4.35. The van der Waals surface area contributed by atoms with Gasteiger partial charge >= 0.3 is 5.97 Å². The van der Waals surface area contributed by atoms with Crippen molar-refractivity contribution in [2.24, 2.45) is 5.92 Å². The number of hydrogen-bond donors (Lipinski definition) is 0. The van der Waals surface area contributed by atoms with Crippen molar-refractivity contribution in [3.8, 4) is 0 Å². The second-order valence-corrected chi connectivity index (χ2v) is 4.10. The normalized spacial score (nSPS) is 12.5. The molecule has 0 fully saturated rings. The van der Waals surface area contributed by atoms with E-state index in [4.69, 9.17) is 4.74 Å². The van der Waals surface area contributed by atoms with Gasteiger partial charge in [0.05, 0.1) is 12.5 Å². The van der Waals surface area contributed by atoms with Crippen LogP contribution >= 0.6 is 0 Å². The molecule has 0 bridgehead atoms. The molecule has 15 heavy (non-hydrogen) atoms. The average molecular weight is 206 g/mol. The number of hydrogen-bond acceptors (Lipinski definition) is 2. The van der Waals surface area contributed by atoms with Crippen LogP contribution in [0.5, 0.6) is 0 Å². The fourth-order valence-corrected chi connectivity index (χ4v) is 1.25. The Morgan fingerprint density at radius 2 is 1.80 bits per heavy atom. The van der Waals surface area contributed by atoms with Gasteiger partial charge in [0.2, 0.25) is 0 Å². The molecule has 1 aromatic carbocycles. The van der Waals surface area contributed by atoms with Crippen LogP contribution in [0.2, 0.25) is 0 Å². The number of benzene rings is 1. The van der Waals surface area contributed by atoms with Crippen LogP contribution < -0.4 is 0 Å². The smallest absolute Gasteiger partial charge is 0.308 e. The van der Waals surface area contributed by atoms with E-state index in [1.54, 1.807) is 0 Å². The van der Waals surface area contributed by atoms with E-state index >= 15 is 0 Å². The first kappa shape index (κ1) is 11.8. The molecule has 0 saturated heterocycles. The van der Waals surface area contributed by atoms with Crippen LogP contribution in [0.25, 0.3) is 0 Å². The first-order valence-corrected chi connectivity index (χ1v) is 5.33. The Morgan fingerprint density at radius 3 is 2.33 bits per heavy atom. The van der Waals surface area contributed by atoms with Crippen molar-refractivity contribution in [1.29, 1.82) is 0 Å². The minimum Gasteiger partial charge on any atom is -0.465 e. The summed E-state index contributed by atoms with van der Waals surface area (Å²) in [6.45, 7) is 6.20. The summed E-state index contributed by atoms with van der Waals surface area (Å²) in [5.41, 5.74) is 1.20. The minimum atomic E-state index is -0.127. The summed E-state index contributed by atoms with van der Waals surface area (Å²) in [6, 6.07) is 10.1. The molecule has 1 rings (SSSR count). The number of rotatable bonds is 4. The Hall–Kier alpha value is -1.31. The third-order valence-electron chi connectivity index (χ3n) is 2.32. The molecule has 0 N–H and O–H groups in total. The van der Waals surface area contributed by atoms with E-state index in [-0.39, 0.29) is 17.8 Å². The lowest BCUT2D eigenvalue weighted by molar-refractivity contribution is -0.147. The molecule has 0 amide bonds. The molecule has 1 unspecified atom stereocenters. The summed E-state index contributed by atoms with van der Waals surface area (Å²) < 4.78 is 5.18. The molecule has 0 heterocycles. The second kappa shape index (κ2) is 5.54. The minimum absolute atomic E-state index is 0.0482. The molecule has 1 aromatic rings. The molecular weight excluding hydrogens is 188 g/mol. The van der Waals surface area contributed by atoms with Crippen molar-refractivity contribution in [2.45, 2.75) is 26.7 Å². The Morgan fingerprint density at radius 1 is 1.20 bits per heavy atom. The Labute approximate surface area is 91.3 Å². The van der Waals surface area contributed by atoms with E-state index in [0.29, 0.717) is 6.61 Å². The number of carbonyl (C=O) groups excluding carboxylic acids is 1. The van der Waals surface area contributed by atoms with Gasteiger partial charge in [0.15, 0.2) is 0 Å². The van der Waals surface area contributed by atoms with Gasteiger partial charge in [-0.2, -0.15) is 0 Å². The lowest BCUT2D eigenvalue weighted by atomic mass is 10.0. The van der Waals surface area contributed by atoms with Crippen molar-refractivity contribution >= 4 is 5.97 Å². The SMILES string of the molecule is CC(C)C(=O)OCC(C)c1ccccc1. The maximum Gasteiger partial charge on any atom is 0.308 e. The van der Waals surface area contributed by atoms with Crippen molar-refractivity contribution in [2.75, 3.05) is 6.61 Å². The highest BCUT2D eigenvalue weighted by Gasteiger charge is 2.11. The zero-order chi connectivity index (χ0) is 11.3. The number of ether oxygens (including phenoxy) is 1. The molecule has 0 spiro atoms. The van der Waals surface area contributed by atoms with Crippen LogP contribution in [-0.4, -0.2) is 12.6 Å². The molecule has 82 valence electrons. The highest BCUT2D eigenvalue weighted by Crippen LogP contribution is 2.15. The third-order valence-corrected chi connectivity index (χ3v) is 2.32. The monoisotopic (exact) mass is 206 g/mol. The molecule has 1 atom stereocenters. The van der Waals surface area contributed by atoms with Crippen molar-refractivity contribution in [3.63, 3.8) is 0 Å². The Bertz CT molecular complexity index is 304. The quantitative estimate of drug-likeness (QED) is 0.708. The van der Waals surface area contributed by atoms with E-state index in [0.717, 1.165) is 0 Å². The van der Waals surface area contributed by atoms with Gasteiger partial charge in [0.1, 0.15) is 0 Å². The van der Waals surface area contributed by atoms with Crippen LogP contribution in [-0.2, 0) is 9.53 Å². The summed E-state index contributed by atoms with van der Waals surface area (Å²) in [6.07, 6.45) is 0. The van der Waals surface area contributed by atoms with E-state index < -0.39 is 0 Å². The number of esters is 1. The lowest BCUT2D eigenvalue weighted by Gasteiger charge is -2.13. The predicted octanol–water partition coefficient (Wildman–Crippen LogP) is 2.99. The zero-order valence-electron chi connectivity index (χ0n) is 9.57. The summed E-state index contributed by atoms with van der Waals surface area (Å²) in [5, 5.41) is 0. The van der Waals surface area contributed by atoms with Gasteiger partial charge < -0.3 is 4.74 Å². The molecular formula is C13H18O2. The van der Waals surface area contributed by atoms with Crippen LogP contribution in [0.4, 0.5) is 0 Å². The average Bonchev–Trinajstić information content (AvgIpc) is 2.26. The summed E-state index contributed by atoms with van der Waals surface area (Å²) in [5.74, 6) is 0.0830. The van der Waals surface area contributed by atoms with Gasteiger partial charge in [-0.05, 0) is 5.56 Å². The lowest BCUT2D eigenvalue weighted by Crippen LogP contribution is -2.15. The summed E-state index contributed by atoms with van der Waals surface area (Å²) in [4.78, 5) is 11.3. The highest BCUT2D eigenvalue weighted by molar-refractivity contribution is 5.71. The van der Waals surface area contributed by atoms with Crippen molar-refractivity contribution in [1.82, 2.24) is 0 Å². The first-order chi connectivity index (χ1) is 7.11. The molecule has 0 aliphatic rings. The summed E-state index contributed by atoms with van der Waals surface area (Å²) in [7, 11) is 0. The van der Waals surface area contributed by atoms with Gasteiger partial charge in [-0.25, -0.2) is 0 Å². The number of carbonyl (C=O) groups is 1. The van der Waals surface area contributed by atoms with Crippen LogP contribution in [0, 0.1) is 5.92 Å². The molecule has 2 nitrogen and oxygen atoms in total. The van der Waals surface area contributed by atoms with E-state index in [9.17, 15) is 4.79 Å². The molecule has 0 radical (unpaired) electrons. The van der Waals surface area contributed by atoms with E-state index in [1.807, 2.05) is 44.2 Å². The molecule has 2 heteroatoms. The van der Waals surface area contributed by atoms with Gasteiger partial charge in [-0.15, -0.1) is 0 Å². The fraction of sp³-hybridized carbons (Fsp3) is 0.462. The zero-order valence-corrected chi connectivity index (χ0v) is 9.57. The molecule has 0 saturated carbocycles. The van der Waals surface area contributed by atoms with E-state index in [1.165, 1.54) is 5.56 Å². The van der Waals surface area contributed by atoms with Gasteiger partial charge in [0.25, 0.3) is 0 Å². The predicted molar refractivity (Wildman–Crippen MR) is 60.7 cm³/mol. The highest BCUT2D eigenvalue weighted by atomic mass is 16.5. The van der Waals surface area contributed by atoms with Crippen molar-refractivity contribution < 1.29 is 9.53 Å². The maximum atomic E-state index is 11.3. The first-order valence-electron chi connectivity index (χ1n) is 5.33. The van der Waals surface area contributed by atoms with Gasteiger partial charge in [0, 0.05) is 5.92 Å². The standard InChI is InChI=1S/C13H18O2/c1-10(2)13(14)15-9-11(3)12-7-5-4-6-8-12/h4-8,10-11H,9H2,1-3H3. The van der Waals surface area contributed by atoms with Crippen molar-refractivity contribution in [3.05, 3.63) is 35.9 Å². The van der Waals surface area contributed by atoms with Crippen LogP contribution in [0.15, 0.2) is 30.3 Å². The van der Waals surface area contributed by atoms with Crippen LogP contribution in [0.1, 0.15) is 32.3 Å². The largest absolute Gasteiger partial charge is 0.465 e. The van der Waals surface area contributed by atoms with Gasteiger partial charge in [-0.3, -0.25) is 4.79 Å². The van der Waals surface area contributed by atoms with E-state index in [2.05, 4.69) is 6.92 Å².